The molecule has 0 aliphatic rings. The van der Waals surface area contributed by atoms with E-state index in [0.29, 0.717) is 5.76 Å². The Morgan fingerprint density at radius 3 is 1.65 bits per heavy atom. The summed E-state index contributed by atoms with van der Waals surface area (Å²) in [5.41, 5.74) is 2.84. The molecular weight excluding hydrogens is 544 g/mol. The third-order valence-electron chi connectivity index (χ3n) is 6.74. The molecule has 4 aromatic rings. The van der Waals surface area contributed by atoms with E-state index in [1.165, 1.54) is 39.1 Å². The Hall–Kier alpha value is -3.24. The lowest BCUT2D eigenvalue weighted by Gasteiger charge is -2.23. The fourth-order valence-corrected chi connectivity index (χ4v) is 7.18. The number of rotatable bonds is 11. The predicted molar refractivity (Wildman–Crippen MR) is 156 cm³/mol. The standard InChI is InChI=1S/C31H36N2O5S2/c1-5-32(22-25-10-7-6-8-11-25)39(34,35)29-17-19-30(20-18-29)40(36,37)33(24-28-12-9-21-38-28)23-26-13-15-27(16-14-26)31(2,3)4/h6-21H,5,22-24H2,1-4H3. The van der Waals surface area contributed by atoms with Gasteiger partial charge in [0.15, 0.2) is 0 Å². The van der Waals surface area contributed by atoms with Crippen LogP contribution in [-0.4, -0.2) is 32.0 Å². The molecule has 3 aromatic carbocycles. The first-order chi connectivity index (χ1) is 18.9. The molecule has 0 amide bonds. The first-order valence-corrected chi connectivity index (χ1v) is 16.1. The number of hydrogen-bond acceptors (Lipinski definition) is 5. The van der Waals surface area contributed by atoms with Gasteiger partial charge in [-0.15, -0.1) is 0 Å². The van der Waals surface area contributed by atoms with Gasteiger partial charge in [-0.1, -0.05) is 82.3 Å². The van der Waals surface area contributed by atoms with Gasteiger partial charge < -0.3 is 4.42 Å². The fourth-order valence-electron chi connectivity index (χ4n) is 4.35. The van der Waals surface area contributed by atoms with Crippen LogP contribution >= 0.6 is 0 Å². The Balaban J connectivity index is 1.60. The predicted octanol–water partition coefficient (Wildman–Crippen LogP) is 6.18. The van der Waals surface area contributed by atoms with Crippen LogP contribution in [0.25, 0.3) is 0 Å². The van der Waals surface area contributed by atoms with Crippen LogP contribution < -0.4 is 0 Å². The Bertz CT molecular complexity index is 1590. The van der Waals surface area contributed by atoms with Crippen molar-refractivity contribution in [1.82, 2.24) is 8.61 Å². The lowest BCUT2D eigenvalue weighted by Crippen LogP contribution is -2.31. The van der Waals surface area contributed by atoms with Crippen LogP contribution in [0.15, 0.2) is 111 Å². The maximum Gasteiger partial charge on any atom is 0.243 e. The van der Waals surface area contributed by atoms with E-state index in [9.17, 15) is 16.8 Å². The highest BCUT2D eigenvalue weighted by Crippen LogP contribution is 2.26. The normalized spacial score (nSPS) is 12.8. The molecule has 0 aliphatic heterocycles. The third kappa shape index (κ3) is 6.90. The van der Waals surface area contributed by atoms with Gasteiger partial charge >= 0.3 is 0 Å². The second-order valence-corrected chi connectivity index (χ2v) is 14.6. The van der Waals surface area contributed by atoms with Gasteiger partial charge in [0.25, 0.3) is 0 Å². The third-order valence-corrected chi connectivity index (χ3v) is 10.5. The summed E-state index contributed by atoms with van der Waals surface area (Å²) < 4.78 is 62.5. The van der Waals surface area contributed by atoms with Gasteiger partial charge in [0.2, 0.25) is 20.0 Å². The van der Waals surface area contributed by atoms with E-state index >= 15 is 0 Å². The summed E-state index contributed by atoms with van der Waals surface area (Å²) in [6.45, 7) is 8.83. The second-order valence-electron chi connectivity index (χ2n) is 10.7. The van der Waals surface area contributed by atoms with Crippen LogP contribution in [0, 0.1) is 0 Å². The summed E-state index contributed by atoms with van der Waals surface area (Å²) in [6, 6.07) is 26.1. The van der Waals surface area contributed by atoms with E-state index in [4.69, 9.17) is 4.42 Å². The smallest absolute Gasteiger partial charge is 0.243 e. The number of furan rings is 1. The zero-order valence-electron chi connectivity index (χ0n) is 23.3. The quantitative estimate of drug-likeness (QED) is 0.211. The lowest BCUT2D eigenvalue weighted by molar-refractivity contribution is 0.358. The fraction of sp³-hybridized carbons (Fsp3) is 0.290. The van der Waals surface area contributed by atoms with Crippen molar-refractivity contribution in [3.8, 4) is 0 Å². The molecule has 0 saturated carbocycles. The molecule has 0 aliphatic carbocycles. The minimum Gasteiger partial charge on any atom is -0.468 e. The van der Waals surface area contributed by atoms with Crippen molar-refractivity contribution in [1.29, 1.82) is 0 Å². The van der Waals surface area contributed by atoms with Crippen molar-refractivity contribution in [3.63, 3.8) is 0 Å². The van der Waals surface area contributed by atoms with E-state index in [-0.39, 0.29) is 41.4 Å². The Labute approximate surface area is 238 Å². The Kier molecular flexibility index (Phi) is 8.99. The molecular formula is C31H36N2O5S2. The number of nitrogens with zero attached hydrogens (tertiary/aromatic N) is 2. The minimum absolute atomic E-state index is 0.00965. The first kappa shape index (κ1) is 29.7. The molecule has 7 nitrogen and oxygen atoms in total. The summed E-state index contributed by atoms with van der Waals surface area (Å²) in [4.78, 5) is 0.0509. The molecule has 0 fully saturated rings. The van der Waals surface area contributed by atoms with Gasteiger partial charge in [-0.25, -0.2) is 16.8 Å². The summed E-state index contributed by atoms with van der Waals surface area (Å²) in [5.74, 6) is 0.508. The zero-order chi connectivity index (χ0) is 29.0. The molecule has 0 N–H and O–H groups in total. The van der Waals surface area contributed by atoms with E-state index in [2.05, 4.69) is 20.8 Å². The van der Waals surface area contributed by atoms with Crippen molar-refractivity contribution in [2.24, 2.45) is 0 Å². The largest absolute Gasteiger partial charge is 0.468 e. The van der Waals surface area contributed by atoms with Crippen LogP contribution in [0.1, 0.15) is 50.1 Å². The van der Waals surface area contributed by atoms with Crippen LogP contribution in [0.5, 0.6) is 0 Å². The first-order valence-electron chi connectivity index (χ1n) is 13.2. The van der Waals surface area contributed by atoms with Crippen molar-refractivity contribution in [2.75, 3.05) is 6.54 Å². The van der Waals surface area contributed by atoms with E-state index < -0.39 is 20.0 Å². The molecule has 212 valence electrons. The molecule has 0 bridgehead atoms. The van der Waals surface area contributed by atoms with Gasteiger partial charge in [-0.3, -0.25) is 0 Å². The number of benzene rings is 3. The highest BCUT2D eigenvalue weighted by Gasteiger charge is 2.28. The highest BCUT2D eigenvalue weighted by molar-refractivity contribution is 7.89. The highest BCUT2D eigenvalue weighted by atomic mass is 32.2. The van der Waals surface area contributed by atoms with Crippen molar-refractivity contribution in [2.45, 2.75) is 62.5 Å². The van der Waals surface area contributed by atoms with Crippen molar-refractivity contribution in [3.05, 3.63) is 120 Å². The summed E-state index contributed by atoms with van der Waals surface area (Å²) >= 11 is 0. The molecule has 9 heteroatoms. The maximum atomic E-state index is 13.8. The van der Waals surface area contributed by atoms with Crippen LogP contribution in [-0.2, 0) is 45.1 Å². The van der Waals surface area contributed by atoms with Crippen LogP contribution in [0.3, 0.4) is 0 Å². The molecule has 1 heterocycles. The van der Waals surface area contributed by atoms with Gasteiger partial charge in [0.05, 0.1) is 22.6 Å². The van der Waals surface area contributed by atoms with Gasteiger partial charge in [0, 0.05) is 19.6 Å². The Morgan fingerprint density at radius 1 is 0.625 bits per heavy atom. The van der Waals surface area contributed by atoms with Gasteiger partial charge in [0.1, 0.15) is 5.76 Å². The topological polar surface area (TPSA) is 87.9 Å². The molecule has 0 spiro atoms. The summed E-state index contributed by atoms with van der Waals surface area (Å²) in [7, 11) is -7.81. The van der Waals surface area contributed by atoms with Crippen LogP contribution in [0.4, 0.5) is 0 Å². The molecule has 1 aromatic heterocycles. The van der Waals surface area contributed by atoms with E-state index in [1.54, 1.807) is 19.1 Å². The average Bonchev–Trinajstić information content (AvgIpc) is 3.45. The molecule has 40 heavy (non-hydrogen) atoms. The van der Waals surface area contributed by atoms with E-state index in [0.717, 1.165) is 16.7 Å². The molecule has 0 radical (unpaired) electrons. The Morgan fingerprint density at radius 2 is 1.15 bits per heavy atom. The zero-order valence-corrected chi connectivity index (χ0v) is 25.0. The van der Waals surface area contributed by atoms with Crippen molar-refractivity contribution < 1.29 is 21.3 Å². The molecule has 0 unspecified atom stereocenters. The van der Waals surface area contributed by atoms with Crippen molar-refractivity contribution >= 4 is 20.0 Å². The summed E-state index contributed by atoms with van der Waals surface area (Å²) in [5, 5.41) is 0. The second kappa shape index (κ2) is 12.1. The molecule has 4 rings (SSSR count). The number of hydrogen-bond donors (Lipinski definition) is 0. The van der Waals surface area contributed by atoms with Crippen LogP contribution in [0.2, 0.25) is 0 Å². The van der Waals surface area contributed by atoms with Gasteiger partial charge in [-0.2, -0.15) is 8.61 Å². The maximum absolute atomic E-state index is 13.8. The molecule has 0 atom stereocenters. The monoisotopic (exact) mass is 580 g/mol. The van der Waals surface area contributed by atoms with Gasteiger partial charge in [-0.05, 0) is 58.5 Å². The average molecular weight is 581 g/mol. The minimum atomic E-state index is -3.99. The number of sulfonamides is 2. The SMILES string of the molecule is CCN(Cc1ccccc1)S(=O)(=O)c1ccc(S(=O)(=O)N(Cc2ccc(C(C)(C)C)cc2)Cc2ccco2)cc1. The lowest BCUT2D eigenvalue weighted by atomic mass is 9.87. The van der Waals surface area contributed by atoms with E-state index in [1.807, 2.05) is 54.6 Å². The summed E-state index contributed by atoms with van der Waals surface area (Å²) in [6.07, 6.45) is 1.51. The molecule has 0 saturated heterocycles.